The molecule has 6 heteroatoms. The molecule has 0 radical (unpaired) electrons. The number of aromatic amines is 1. The Morgan fingerprint density at radius 3 is 2.23 bits per heavy atom. The van der Waals surface area contributed by atoms with Crippen LogP contribution in [0.15, 0.2) is 48.5 Å². The third-order valence-corrected chi connectivity index (χ3v) is 5.19. The maximum atomic E-state index is 13.3. The first-order chi connectivity index (χ1) is 14.3. The molecule has 0 aliphatic rings. The van der Waals surface area contributed by atoms with Gasteiger partial charge >= 0.3 is 0 Å². The molecule has 5 nitrogen and oxygen atoms in total. The van der Waals surface area contributed by atoms with Crippen molar-refractivity contribution in [2.75, 3.05) is 7.11 Å². The molecule has 2 N–H and O–H groups in total. The monoisotopic (exact) mass is 408 g/mol. The number of H-pyrrole nitrogens is 1. The van der Waals surface area contributed by atoms with Crippen molar-refractivity contribution in [1.29, 1.82) is 0 Å². The van der Waals surface area contributed by atoms with Gasteiger partial charge in [-0.3, -0.25) is 9.59 Å². The third kappa shape index (κ3) is 4.59. The highest BCUT2D eigenvalue weighted by Gasteiger charge is 2.23. The van der Waals surface area contributed by atoms with Crippen molar-refractivity contribution in [3.63, 3.8) is 0 Å². The second-order valence-electron chi connectivity index (χ2n) is 7.31. The molecule has 3 rings (SSSR count). The second kappa shape index (κ2) is 8.95. The molecule has 156 valence electrons. The highest BCUT2D eigenvalue weighted by atomic mass is 19.1. The number of amides is 1. The molecule has 1 amide bonds. The highest BCUT2D eigenvalue weighted by molar-refractivity contribution is 6.02. The molecule has 1 atom stereocenters. The minimum absolute atomic E-state index is 0.0849. The lowest BCUT2D eigenvalue weighted by molar-refractivity contribution is 0.0931. The van der Waals surface area contributed by atoms with Gasteiger partial charge in [-0.25, -0.2) is 4.39 Å². The minimum atomic E-state index is -0.349. The Hall–Kier alpha value is -3.41. The van der Waals surface area contributed by atoms with Crippen molar-refractivity contribution in [2.24, 2.45) is 0 Å². The smallest absolute Gasteiger partial charge is 0.268 e. The number of aromatic nitrogens is 1. The maximum Gasteiger partial charge on any atom is 0.268 e. The first kappa shape index (κ1) is 21.3. The van der Waals surface area contributed by atoms with Crippen LogP contribution >= 0.6 is 0 Å². The van der Waals surface area contributed by atoms with Gasteiger partial charge in [0.15, 0.2) is 5.78 Å². The third-order valence-electron chi connectivity index (χ3n) is 5.19. The van der Waals surface area contributed by atoms with E-state index in [9.17, 15) is 14.0 Å². The maximum absolute atomic E-state index is 13.3. The lowest BCUT2D eigenvalue weighted by Crippen LogP contribution is -2.30. The molecule has 30 heavy (non-hydrogen) atoms. The number of hydrogen-bond donors (Lipinski definition) is 2. The van der Waals surface area contributed by atoms with Gasteiger partial charge in [-0.05, 0) is 68.1 Å². The van der Waals surface area contributed by atoms with Crippen LogP contribution in [0.3, 0.4) is 0 Å². The van der Waals surface area contributed by atoms with E-state index in [2.05, 4.69) is 10.3 Å². The summed E-state index contributed by atoms with van der Waals surface area (Å²) in [5.74, 6) is 0.0231. The quantitative estimate of drug-likeness (QED) is 0.557. The van der Waals surface area contributed by atoms with Crippen LogP contribution < -0.4 is 10.1 Å². The number of methoxy groups -OCH3 is 1. The van der Waals surface area contributed by atoms with E-state index >= 15 is 0 Å². The Balaban J connectivity index is 1.91. The first-order valence-electron chi connectivity index (χ1n) is 9.69. The van der Waals surface area contributed by atoms with Gasteiger partial charge in [-0.15, -0.1) is 0 Å². The molecule has 0 saturated carbocycles. The average Bonchev–Trinajstić information content (AvgIpc) is 3.03. The molecule has 1 unspecified atom stereocenters. The Morgan fingerprint density at radius 1 is 1.07 bits per heavy atom. The predicted octanol–water partition coefficient (Wildman–Crippen LogP) is 4.70. The van der Waals surface area contributed by atoms with Crippen molar-refractivity contribution in [3.8, 4) is 5.75 Å². The Bertz CT molecular complexity index is 1050. The summed E-state index contributed by atoms with van der Waals surface area (Å²) in [5.41, 5.74) is 4.00. The van der Waals surface area contributed by atoms with Gasteiger partial charge in [0.1, 0.15) is 17.3 Å². The normalized spacial score (nSPS) is 11.8. The molecular formula is C24H25FN2O3. The fourth-order valence-corrected chi connectivity index (χ4v) is 3.68. The van der Waals surface area contributed by atoms with Crippen LogP contribution in [0, 0.1) is 19.7 Å². The van der Waals surface area contributed by atoms with E-state index in [-0.39, 0.29) is 23.5 Å². The van der Waals surface area contributed by atoms with Gasteiger partial charge in [0.2, 0.25) is 0 Å². The number of hydrogen-bond acceptors (Lipinski definition) is 3. The largest absolute Gasteiger partial charge is 0.497 e. The predicted molar refractivity (Wildman–Crippen MR) is 114 cm³/mol. The fourth-order valence-electron chi connectivity index (χ4n) is 3.68. The fraction of sp³-hybridized carbons (Fsp3) is 0.250. The molecular weight excluding hydrogens is 383 g/mol. The van der Waals surface area contributed by atoms with Crippen LogP contribution in [0.4, 0.5) is 4.39 Å². The van der Waals surface area contributed by atoms with Crippen LogP contribution in [-0.4, -0.2) is 23.8 Å². The number of halogens is 1. The lowest BCUT2D eigenvalue weighted by atomic mass is 9.98. The number of Topliss-reactive ketones (excluding diaryl/α,β-unsaturated/α-hetero) is 1. The Kier molecular flexibility index (Phi) is 6.35. The summed E-state index contributed by atoms with van der Waals surface area (Å²) in [7, 11) is 1.59. The number of carbonyl (C=O) groups excluding carboxylic acids is 2. The molecule has 0 bridgehead atoms. The number of carbonyl (C=O) groups is 2. The van der Waals surface area contributed by atoms with Crippen molar-refractivity contribution >= 4 is 11.7 Å². The van der Waals surface area contributed by atoms with Crippen molar-refractivity contribution in [3.05, 3.63) is 88.0 Å². The van der Waals surface area contributed by atoms with Gasteiger partial charge in [0, 0.05) is 11.3 Å². The van der Waals surface area contributed by atoms with Crippen LogP contribution in [0.2, 0.25) is 0 Å². The van der Waals surface area contributed by atoms with Gasteiger partial charge in [0.25, 0.3) is 5.91 Å². The van der Waals surface area contributed by atoms with Gasteiger partial charge in [0.05, 0.1) is 13.2 Å². The van der Waals surface area contributed by atoms with E-state index in [1.54, 1.807) is 33.1 Å². The zero-order valence-corrected chi connectivity index (χ0v) is 17.5. The molecule has 0 aliphatic heterocycles. The molecule has 1 aromatic heterocycles. The lowest BCUT2D eigenvalue weighted by Gasteiger charge is -2.20. The van der Waals surface area contributed by atoms with Crippen LogP contribution in [0.5, 0.6) is 5.75 Å². The van der Waals surface area contributed by atoms with E-state index in [4.69, 9.17) is 4.74 Å². The molecule has 3 aromatic rings. The SMILES string of the molecule is COc1ccc(C(Cc2ccc(F)cc2)NC(=O)c2[nH]c(C)c(C(C)=O)c2C)cc1. The van der Waals surface area contributed by atoms with Crippen molar-refractivity contribution < 1.29 is 18.7 Å². The molecule has 0 aliphatic carbocycles. The van der Waals surface area contributed by atoms with E-state index < -0.39 is 0 Å². The number of ketones is 1. The van der Waals surface area contributed by atoms with E-state index in [1.807, 2.05) is 24.3 Å². The zero-order chi connectivity index (χ0) is 21.8. The Labute approximate surface area is 175 Å². The number of aryl methyl sites for hydroxylation is 1. The number of nitrogens with one attached hydrogen (secondary N) is 2. The van der Waals surface area contributed by atoms with E-state index in [0.29, 0.717) is 34.7 Å². The number of benzene rings is 2. The minimum Gasteiger partial charge on any atom is -0.497 e. The van der Waals surface area contributed by atoms with Gasteiger partial charge in [-0.2, -0.15) is 0 Å². The van der Waals surface area contributed by atoms with Crippen molar-refractivity contribution in [1.82, 2.24) is 10.3 Å². The summed E-state index contributed by atoms with van der Waals surface area (Å²) in [6.07, 6.45) is 0.483. The number of rotatable bonds is 7. The highest BCUT2D eigenvalue weighted by Crippen LogP contribution is 2.24. The summed E-state index contributed by atoms with van der Waals surface area (Å²) < 4.78 is 18.5. The topological polar surface area (TPSA) is 71.2 Å². The molecule has 0 spiro atoms. The average molecular weight is 408 g/mol. The zero-order valence-electron chi connectivity index (χ0n) is 17.5. The van der Waals surface area contributed by atoms with Gasteiger partial charge < -0.3 is 15.0 Å². The summed E-state index contributed by atoms with van der Waals surface area (Å²) in [5, 5.41) is 3.05. The van der Waals surface area contributed by atoms with Crippen LogP contribution in [0.1, 0.15) is 56.2 Å². The summed E-state index contributed by atoms with van der Waals surface area (Å²) in [4.78, 5) is 28.0. The molecule has 0 fully saturated rings. The standard InChI is InChI=1S/C24H25FN2O3/c1-14-22(16(3)28)15(2)26-23(14)24(29)27-21(13-17-5-9-19(25)10-6-17)18-7-11-20(30-4)12-8-18/h5-12,21,26H,13H2,1-4H3,(H,27,29). The van der Waals surface area contributed by atoms with Crippen molar-refractivity contribution in [2.45, 2.75) is 33.2 Å². The van der Waals surface area contributed by atoms with E-state index in [0.717, 1.165) is 11.1 Å². The molecule has 0 saturated heterocycles. The Morgan fingerprint density at radius 2 is 1.70 bits per heavy atom. The molecule has 1 heterocycles. The summed E-state index contributed by atoms with van der Waals surface area (Å²) in [6.45, 7) is 5.02. The van der Waals surface area contributed by atoms with E-state index in [1.165, 1.54) is 19.1 Å². The summed E-state index contributed by atoms with van der Waals surface area (Å²) >= 11 is 0. The molecule has 2 aromatic carbocycles. The summed E-state index contributed by atoms with van der Waals surface area (Å²) in [6, 6.07) is 13.3. The number of ether oxygens (including phenoxy) is 1. The van der Waals surface area contributed by atoms with Crippen LogP contribution in [-0.2, 0) is 6.42 Å². The second-order valence-corrected chi connectivity index (χ2v) is 7.31. The first-order valence-corrected chi connectivity index (χ1v) is 9.69. The van der Waals surface area contributed by atoms with Gasteiger partial charge in [-0.1, -0.05) is 24.3 Å². The van der Waals surface area contributed by atoms with Crippen LogP contribution in [0.25, 0.3) is 0 Å².